The Balaban J connectivity index is 1.41. The predicted octanol–water partition coefficient (Wildman–Crippen LogP) is 1.44. The molecular formula is C16H31N3O. The fourth-order valence-corrected chi connectivity index (χ4v) is 4.14. The predicted molar refractivity (Wildman–Crippen MR) is 81.9 cm³/mol. The summed E-state index contributed by atoms with van der Waals surface area (Å²) in [6.45, 7) is 7.80. The van der Waals surface area contributed by atoms with Crippen LogP contribution >= 0.6 is 0 Å². The number of nitrogens with zero attached hydrogens (tertiary/aromatic N) is 2. The molecule has 2 N–H and O–H groups in total. The standard InChI is InChI=1S/C16H31N3O/c17-16(5-2-1-3-6-16)7-9-18-8-4-15(14-18)19-10-12-20-13-11-19/h15H,1-14,17H2. The number of ether oxygens (including phenoxy) is 1. The van der Waals surface area contributed by atoms with Crippen molar-refractivity contribution in [1.29, 1.82) is 0 Å². The summed E-state index contributed by atoms with van der Waals surface area (Å²) in [5, 5.41) is 0. The maximum atomic E-state index is 6.56. The van der Waals surface area contributed by atoms with Crippen LogP contribution in [0.15, 0.2) is 0 Å². The van der Waals surface area contributed by atoms with Crippen molar-refractivity contribution in [2.24, 2.45) is 5.73 Å². The normalized spacial score (nSPS) is 32.5. The molecule has 1 saturated carbocycles. The first kappa shape index (κ1) is 14.8. The van der Waals surface area contributed by atoms with Crippen LogP contribution in [0.3, 0.4) is 0 Å². The van der Waals surface area contributed by atoms with Crippen LogP contribution in [0, 0.1) is 0 Å². The average Bonchev–Trinajstić information content (AvgIpc) is 2.96. The van der Waals surface area contributed by atoms with E-state index in [-0.39, 0.29) is 5.54 Å². The Morgan fingerprint density at radius 1 is 1.05 bits per heavy atom. The van der Waals surface area contributed by atoms with E-state index >= 15 is 0 Å². The van der Waals surface area contributed by atoms with Crippen LogP contribution in [0.2, 0.25) is 0 Å². The van der Waals surface area contributed by atoms with Gasteiger partial charge in [0.25, 0.3) is 0 Å². The smallest absolute Gasteiger partial charge is 0.0594 e. The van der Waals surface area contributed by atoms with Gasteiger partial charge in [0, 0.05) is 31.2 Å². The van der Waals surface area contributed by atoms with Crippen LogP contribution in [-0.4, -0.2) is 67.3 Å². The maximum Gasteiger partial charge on any atom is 0.0594 e. The molecule has 3 fully saturated rings. The molecule has 2 heterocycles. The third-order valence-corrected chi connectivity index (χ3v) is 5.58. The van der Waals surface area contributed by atoms with E-state index < -0.39 is 0 Å². The molecule has 0 radical (unpaired) electrons. The molecule has 3 aliphatic rings. The lowest BCUT2D eigenvalue weighted by Gasteiger charge is -2.35. The van der Waals surface area contributed by atoms with Crippen molar-refractivity contribution >= 4 is 0 Å². The molecule has 0 aromatic heterocycles. The summed E-state index contributed by atoms with van der Waals surface area (Å²) in [4.78, 5) is 5.27. The van der Waals surface area contributed by atoms with Gasteiger partial charge in [0.05, 0.1) is 13.2 Å². The molecule has 0 aromatic carbocycles. The molecule has 3 rings (SSSR count). The molecular weight excluding hydrogens is 250 g/mol. The summed E-state index contributed by atoms with van der Waals surface area (Å²) in [6.07, 6.45) is 9.09. The highest BCUT2D eigenvalue weighted by atomic mass is 16.5. The van der Waals surface area contributed by atoms with Gasteiger partial charge in [0.1, 0.15) is 0 Å². The van der Waals surface area contributed by atoms with Crippen molar-refractivity contribution in [3.8, 4) is 0 Å². The van der Waals surface area contributed by atoms with E-state index in [1.54, 1.807) is 0 Å². The van der Waals surface area contributed by atoms with Crippen LogP contribution in [0.1, 0.15) is 44.9 Å². The SMILES string of the molecule is NC1(CCN2CCC(N3CCOCC3)C2)CCCCC1. The van der Waals surface area contributed by atoms with Gasteiger partial charge < -0.3 is 15.4 Å². The summed E-state index contributed by atoms with van der Waals surface area (Å²) < 4.78 is 5.45. The van der Waals surface area contributed by atoms with Crippen molar-refractivity contribution in [2.75, 3.05) is 45.9 Å². The number of hydrogen-bond donors (Lipinski definition) is 1. The fourth-order valence-electron chi connectivity index (χ4n) is 4.14. The molecule has 20 heavy (non-hydrogen) atoms. The molecule has 2 saturated heterocycles. The maximum absolute atomic E-state index is 6.56. The van der Waals surface area contributed by atoms with Crippen molar-refractivity contribution in [2.45, 2.75) is 56.5 Å². The van der Waals surface area contributed by atoms with Gasteiger partial charge in [0.2, 0.25) is 0 Å². The highest BCUT2D eigenvalue weighted by Crippen LogP contribution is 2.29. The van der Waals surface area contributed by atoms with E-state index in [1.165, 1.54) is 64.6 Å². The number of morpholine rings is 1. The zero-order chi connectivity index (χ0) is 13.8. The fraction of sp³-hybridized carbons (Fsp3) is 1.00. The Labute approximate surface area is 123 Å². The Bertz CT molecular complexity index is 298. The number of rotatable bonds is 4. The number of hydrogen-bond acceptors (Lipinski definition) is 4. The largest absolute Gasteiger partial charge is 0.379 e. The van der Waals surface area contributed by atoms with Gasteiger partial charge in [-0.05, 0) is 38.8 Å². The first-order chi connectivity index (χ1) is 9.75. The molecule has 4 heteroatoms. The molecule has 1 atom stereocenters. The lowest BCUT2D eigenvalue weighted by atomic mass is 9.80. The van der Waals surface area contributed by atoms with E-state index in [0.717, 1.165) is 32.3 Å². The summed E-state index contributed by atoms with van der Waals surface area (Å²) in [5.74, 6) is 0. The monoisotopic (exact) mass is 281 g/mol. The lowest BCUT2D eigenvalue weighted by Crippen LogP contribution is -2.46. The molecule has 2 aliphatic heterocycles. The molecule has 1 unspecified atom stereocenters. The van der Waals surface area contributed by atoms with E-state index in [9.17, 15) is 0 Å². The second-order valence-corrected chi connectivity index (χ2v) is 7.06. The van der Waals surface area contributed by atoms with Crippen LogP contribution in [0.4, 0.5) is 0 Å². The quantitative estimate of drug-likeness (QED) is 0.847. The Morgan fingerprint density at radius 3 is 2.55 bits per heavy atom. The third kappa shape index (κ3) is 3.73. The number of nitrogens with two attached hydrogens (primary N) is 1. The highest BCUT2D eigenvalue weighted by Gasteiger charge is 2.31. The Morgan fingerprint density at radius 2 is 1.80 bits per heavy atom. The highest BCUT2D eigenvalue weighted by molar-refractivity contribution is 4.90. The molecule has 0 amide bonds. The second kappa shape index (κ2) is 6.73. The van der Waals surface area contributed by atoms with Crippen molar-refractivity contribution in [1.82, 2.24) is 9.80 Å². The minimum Gasteiger partial charge on any atom is -0.379 e. The topological polar surface area (TPSA) is 41.7 Å². The van der Waals surface area contributed by atoms with E-state index in [1.807, 2.05) is 0 Å². The molecule has 0 aromatic rings. The zero-order valence-electron chi connectivity index (χ0n) is 12.9. The van der Waals surface area contributed by atoms with Gasteiger partial charge in [-0.25, -0.2) is 0 Å². The molecule has 0 spiro atoms. The van der Waals surface area contributed by atoms with Crippen molar-refractivity contribution < 1.29 is 4.74 Å². The zero-order valence-corrected chi connectivity index (χ0v) is 12.9. The number of likely N-dealkylation sites (tertiary alicyclic amines) is 1. The minimum absolute atomic E-state index is 0.148. The van der Waals surface area contributed by atoms with Crippen LogP contribution < -0.4 is 5.73 Å². The van der Waals surface area contributed by atoms with Gasteiger partial charge in [0.15, 0.2) is 0 Å². The molecule has 1 aliphatic carbocycles. The van der Waals surface area contributed by atoms with E-state index in [4.69, 9.17) is 10.5 Å². The van der Waals surface area contributed by atoms with Crippen LogP contribution in [0.25, 0.3) is 0 Å². The Hall–Kier alpha value is -0.160. The van der Waals surface area contributed by atoms with Gasteiger partial charge >= 0.3 is 0 Å². The average molecular weight is 281 g/mol. The minimum atomic E-state index is 0.148. The first-order valence-electron chi connectivity index (χ1n) is 8.58. The second-order valence-electron chi connectivity index (χ2n) is 7.06. The summed E-state index contributed by atoms with van der Waals surface area (Å²) in [6, 6.07) is 0.763. The van der Waals surface area contributed by atoms with Crippen molar-refractivity contribution in [3.05, 3.63) is 0 Å². The summed E-state index contributed by atoms with van der Waals surface area (Å²) >= 11 is 0. The van der Waals surface area contributed by atoms with Gasteiger partial charge in [-0.3, -0.25) is 4.90 Å². The van der Waals surface area contributed by atoms with E-state index in [2.05, 4.69) is 9.80 Å². The first-order valence-corrected chi connectivity index (χ1v) is 8.58. The van der Waals surface area contributed by atoms with Crippen molar-refractivity contribution in [3.63, 3.8) is 0 Å². The molecule has 116 valence electrons. The summed E-state index contributed by atoms with van der Waals surface area (Å²) in [7, 11) is 0. The lowest BCUT2D eigenvalue weighted by molar-refractivity contribution is 0.0183. The molecule has 4 nitrogen and oxygen atoms in total. The van der Waals surface area contributed by atoms with Gasteiger partial charge in [-0.1, -0.05) is 19.3 Å². The van der Waals surface area contributed by atoms with Gasteiger partial charge in [-0.2, -0.15) is 0 Å². The van der Waals surface area contributed by atoms with E-state index in [0.29, 0.717) is 0 Å². The Kier molecular flexibility index (Phi) is 4.97. The van der Waals surface area contributed by atoms with Crippen LogP contribution in [-0.2, 0) is 4.74 Å². The molecule has 0 bridgehead atoms. The third-order valence-electron chi connectivity index (χ3n) is 5.58. The van der Waals surface area contributed by atoms with Gasteiger partial charge in [-0.15, -0.1) is 0 Å². The van der Waals surface area contributed by atoms with Crippen LogP contribution in [0.5, 0.6) is 0 Å². The summed E-state index contributed by atoms with van der Waals surface area (Å²) in [5.41, 5.74) is 6.71.